The summed E-state index contributed by atoms with van der Waals surface area (Å²) in [6.07, 6.45) is 9.45. The molecule has 17 heavy (non-hydrogen) atoms. The van der Waals surface area contributed by atoms with Crippen LogP contribution in [0.4, 0.5) is 0 Å². The molecule has 1 atom stereocenters. The van der Waals surface area contributed by atoms with E-state index >= 15 is 0 Å². The highest BCUT2D eigenvalue weighted by molar-refractivity contribution is 5.30. The van der Waals surface area contributed by atoms with Crippen LogP contribution in [0.5, 0.6) is 0 Å². The molecule has 0 aromatic heterocycles. The van der Waals surface area contributed by atoms with Crippen molar-refractivity contribution in [1.82, 2.24) is 0 Å². The lowest BCUT2D eigenvalue weighted by Crippen LogP contribution is -2.51. The number of rotatable bonds is 4. The molecule has 0 saturated heterocycles. The monoisotopic (exact) mass is 229 g/mol. The highest BCUT2D eigenvalue weighted by Gasteiger charge is 2.44. The van der Waals surface area contributed by atoms with Gasteiger partial charge < -0.3 is 5.73 Å². The zero-order valence-corrected chi connectivity index (χ0v) is 10.6. The third-order valence-corrected chi connectivity index (χ3v) is 5.12. The Morgan fingerprint density at radius 2 is 1.82 bits per heavy atom. The van der Waals surface area contributed by atoms with Gasteiger partial charge in [0.1, 0.15) is 0 Å². The highest BCUT2D eigenvalue weighted by Crippen LogP contribution is 2.48. The number of hydrogen-bond donors (Lipinski definition) is 1. The van der Waals surface area contributed by atoms with E-state index in [-0.39, 0.29) is 0 Å². The Morgan fingerprint density at radius 1 is 1.12 bits per heavy atom. The van der Waals surface area contributed by atoms with E-state index in [1.807, 2.05) is 0 Å². The third-order valence-electron chi connectivity index (χ3n) is 5.12. The molecule has 0 radical (unpaired) electrons. The summed E-state index contributed by atoms with van der Waals surface area (Å²) in [5.74, 6) is 0.922. The summed E-state index contributed by atoms with van der Waals surface area (Å²) < 4.78 is 0. The summed E-state index contributed by atoms with van der Waals surface area (Å²) in [5, 5.41) is 0. The molecule has 1 heteroatoms. The van der Waals surface area contributed by atoms with Gasteiger partial charge in [0.2, 0.25) is 0 Å². The predicted octanol–water partition coefficient (Wildman–Crippen LogP) is 3.63. The van der Waals surface area contributed by atoms with E-state index in [4.69, 9.17) is 5.73 Å². The molecule has 1 nitrogen and oxygen atoms in total. The van der Waals surface area contributed by atoms with E-state index in [1.54, 1.807) is 0 Å². The van der Waals surface area contributed by atoms with Crippen LogP contribution in [0.25, 0.3) is 0 Å². The van der Waals surface area contributed by atoms with Crippen molar-refractivity contribution in [2.45, 2.75) is 56.4 Å². The molecule has 0 amide bonds. The second-order valence-corrected chi connectivity index (χ2v) is 6.01. The molecular formula is C16H23N. The van der Waals surface area contributed by atoms with Crippen molar-refractivity contribution in [1.29, 1.82) is 0 Å². The fourth-order valence-electron chi connectivity index (χ4n) is 3.51. The number of benzene rings is 1. The minimum absolute atomic E-state index is 0.316. The normalized spacial score (nSPS) is 24.8. The van der Waals surface area contributed by atoms with Crippen LogP contribution in [0.1, 0.15) is 50.5 Å². The molecule has 1 unspecified atom stereocenters. The maximum Gasteiger partial charge on any atom is 0.0139 e. The Labute approximate surface area is 104 Å². The molecule has 92 valence electrons. The smallest absolute Gasteiger partial charge is 0.0139 e. The van der Waals surface area contributed by atoms with Crippen LogP contribution in [0.3, 0.4) is 0 Å². The molecule has 1 aromatic carbocycles. The first-order valence-corrected chi connectivity index (χ1v) is 7.12. The molecule has 2 fully saturated rings. The maximum atomic E-state index is 6.56. The van der Waals surface area contributed by atoms with Crippen molar-refractivity contribution in [3.63, 3.8) is 0 Å². The van der Waals surface area contributed by atoms with Crippen LogP contribution < -0.4 is 5.73 Å². The van der Waals surface area contributed by atoms with E-state index in [0.29, 0.717) is 11.5 Å². The molecule has 2 aliphatic rings. The van der Waals surface area contributed by atoms with Gasteiger partial charge in [-0.25, -0.2) is 0 Å². The van der Waals surface area contributed by atoms with Crippen molar-refractivity contribution in [3.05, 3.63) is 35.9 Å². The van der Waals surface area contributed by atoms with Crippen molar-refractivity contribution >= 4 is 0 Å². The van der Waals surface area contributed by atoms with Gasteiger partial charge in [-0.3, -0.25) is 0 Å². The SMILES string of the molecule is NC(CC1CCC1)C1(c2ccccc2)CCC1. The Morgan fingerprint density at radius 3 is 2.29 bits per heavy atom. The minimum Gasteiger partial charge on any atom is -0.327 e. The van der Waals surface area contributed by atoms with Crippen molar-refractivity contribution in [2.75, 3.05) is 0 Å². The lowest BCUT2D eigenvalue weighted by molar-refractivity contribution is 0.153. The van der Waals surface area contributed by atoms with Gasteiger partial charge in [0, 0.05) is 11.5 Å². The third kappa shape index (κ3) is 1.91. The average Bonchev–Trinajstić information content (AvgIpc) is 2.24. The minimum atomic E-state index is 0.316. The molecule has 0 bridgehead atoms. The molecular weight excluding hydrogens is 206 g/mol. The molecule has 2 saturated carbocycles. The summed E-state index contributed by atoms with van der Waals surface area (Å²) in [6.45, 7) is 0. The summed E-state index contributed by atoms with van der Waals surface area (Å²) in [5.41, 5.74) is 8.36. The van der Waals surface area contributed by atoms with Gasteiger partial charge >= 0.3 is 0 Å². The summed E-state index contributed by atoms with van der Waals surface area (Å²) >= 11 is 0. The van der Waals surface area contributed by atoms with Gasteiger partial charge in [-0.1, -0.05) is 56.0 Å². The Balaban J connectivity index is 1.76. The van der Waals surface area contributed by atoms with E-state index in [2.05, 4.69) is 30.3 Å². The first-order valence-electron chi connectivity index (χ1n) is 7.12. The molecule has 2 N–H and O–H groups in total. The van der Waals surface area contributed by atoms with E-state index in [0.717, 1.165) is 5.92 Å². The number of nitrogens with two attached hydrogens (primary N) is 1. The van der Waals surface area contributed by atoms with Gasteiger partial charge in [-0.2, -0.15) is 0 Å². The van der Waals surface area contributed by atoms with Crippen molar-refractivity contribution < 1.29 is 0 Å². The van der Waals surface area contributed by atoms with E-state index in [9.17, 15) is 0 Å². The van der Waals surface area contributed by atoms with Crippen LogP contribution in [0, 0.1) is 5.92 Å². The lowest BCUT2D eigenvalue weighted by Gasteiger charge is -2.48. The standard InChI is InChI=1S/C16H23N/c17-15(12-13-6-4-7-13)16(10-5-11-16)14-8-2-1-3-9-14/h1-3,8-9,13,15H,4-7,10-12,17H2. The Bertz CT molecular complexity index is 362. The van der Waals surface area contributed by atoms with Crippen LogP contribution in [0.15, 0.2) is 30.3 Å². The second-order valence-electron chi connectivity index (χ2n) is 6.01. The zero-order valence-electron chi connectivity index (χ0n) is 10.6. The molecule has 3 rings (SSSR count). The first-order chi connectivity index (χ1) is 8.31. The van der Waals surface area contributed by atoms with Crippen molar-refractivity contribution in [2.24, 2.45) is 11.7 Å². The van der Waals surface area contributed by atoms with Crippen LogP contribution in [-0.2, 0) is 5.41 Å². The van der Waals surface area contributed by atoms with Gasteiger partial charge in [0.05, 0.1) is 0 Å². The molecule has 2 aliphatic carbocycles. The molecule has 0 spiro atoms. The maximum absolute atomic E-state index is 6.56. The zero-order chi connectivity index (χ0) is 11.7. The molecule has 0 heterocycles. The van der Waals surface area contributed by atoms with Gasteiger partial charge in [-0.15, -0.1) is 0 Å². The number of hydrogen-bond acceptors (Lipinski definition) is 1. The lowest BCUT2D eigenvalue weighted by atomic mass is 9.58. The summed E-state index contributed by atoms with van der Waals surface area (Å²) in [6, 6.07) is 11.4. The molecule has 0 aliphatic heterocycles. The fourth-order valence-corrected chi connectivity index (χ4v) is 3.51. The Hall–Kier alpha value is -0.820. The van der Waals surface area contributed by atoms with Gasteiger partial charge in [-0.05, 0) is 30.7 Å². The Kier molecular flexibility index (Phi) is 2.96. The quantitative estimate of drug-likeness (QED) is 0.838. The predicted molar refractivity (Wildman–Crippen MR) is 71.9 cm³/mol. The molecule has 1 aromatic rings. The summed E-state index contributed by atoms with van der Waals surface area (Å²) in [4.78, 5) is 0. The highest BCUT2D eigenvalue weighted by atomic mass is 14.7. The second kappa shape index (κ2) is 4.45. The van der Waals surface area contributed by atoms with Crippen molar-refractivity contribution in [3.8, 4) is 0 Å². The topological polar surface area (TPSA) is 26.0 Å². The van der Waals surface area contributed by atoms with E-state index < -0.39 is 0 Å². The average molecular weight is 229 g/mol. The summed E-state index contributed by atoms with van der Waals surface area (Å²) in [7, 11) is 0. The fraction of sp³-hybridized carbons (Fsp3) is 0.625. The first kappa shape index (κ1) is 11.3. The largest absolute Gasteiger partial charge is 0.327 e. The van der Waals surface area contributed by atoms with Crippen LogP contribution in [-0.4, -0.2) is 6.04 Å². The van der Waals surface area contributed by atoms with E-state index in [1.165, 1.54) is 50.5 Å². The van der Waals surface area contributed by atoms with Gasteiger partial charge in [0.25, 0.3) is 0 Å². The van der Waals surface area contributed by atoms with Gasteiger partial charge in [0.15, 0.2) is 0 Å². The van der Waals surface area contributed by atoms with Crippen LogP contribution in [0.2, 0.25) is 0 Å². The van der Waals surface area contributed by atoms with Crippen LogP contribution >= 0.6 is 0 Å².